The lowest BCUT2D eigenvalue weighted by Gasteiger charge is -2.36. The fourth-order valence-electron chi connectivity index (χ4n) is 2.66. The SMILES string of the molecule is CC(CN)C(=O)N1CCN(CC2CCOC2)CC1.Cl.Cl. The first-order valence-corrected chi connectivity index (χ1v) is 6.99. The van der Waals surface area contributed by atoms with Gasteiger partial charge in [0.1, 0.15) is 0 Å². The third kappa shape index (κ3) is 5.37. The van der Waals surface area contributed by atoms with Crippen LogP contribution in [-0.2, 0) is 9.53 Å². The molecule has 2 saturated heterocycles. The summed E-state index contributed by atoms with van der Waals surface area (Å²) in [5, 5.41) is 0. The smallest absolute Gasteiger partial charge is 0.226 e. The van der Waals surface area contributed by atoms with Crippen LogP contribution in [0.1, 0.15) is 13.3 Å². The van der Waals surface area contributed by atoms with Gasteiger partial charge in [0.25, 0.3) is 0 Å². The van der Waals surface area contributed by atoms with Crippen molar-refractivity contribution in [2.24, 2.45) is 17.6 Å². The lowest BCUT2D eigenvalue weighted by molar-refractivity contribution is -0.136. The molecule has 0 saturated carbocycles. The second-order valence-electron chi connectivity index (χ2n) is 5.49. The maximum absolute atomic E-state index is 12.0. The molecule has 2 N–H and O–H groups in total. The molecule has 120 valence electrons. The highest BCUT2D eigenvalue weighted by Gasteiger charge is 2.26. The molecule has 2 fully saturated rings. The molecule has 2 aliphatic rings. The molecule has 2 atom stereocenters. The van der Waals surface area contributed by atoms with E-state index in [4.69, 9.17) is 10.5 Å². The molecule has 1 amide bonds. The van der Waals surface area contributed by atoms with Crippen molar-refractivity contribution in [1.82, 2.24) is 9.80 Å². The van der Waals surface area contributed by atoms with Crippen molar-refractivity contribution in [2.45, 2.75) is 13.3 Å². The zero-order chi connectivity index (χ0) is 13.0. The molecule has 2 aliphatic heterocycles. The number of halogens is 2. The Labute approximate surface area is 134 Å². The number of nitrogens with two attached hydrogens (primary N) is 1. The number of rotatable bonds is 4. The van der Waals surface area contributed by atoms with E-state index in [2.05, 4.69) is 4.90 Å². The van der Waals surface area contributed by atoms with E-state index in [0.717, 1.165) is 45.9 Å². The first kappa shape index (κ1) is 19.9. The summed E-state index contributed by atoms with van der Waals surface area (Å²) in [5.41, 5.74) is 5.54. The summed E-state index contributed by atoms with van der Waals surface area (Å²) >= 11 is 0. The predicted molar refractivity (Wildman–Crippen MR) is 84.7 cm³/mol. The van der Waals surface area contributed by atoms with Gasteiger partial charge in [-0.05, 0) is 12.3 Å². The molecular weight excluding hydrogens is 301 g/mol. The molecule has 2 rings (SSSR count). The van der Waals surface area contributed by atoms with E-state index >= 15 is 0 Å². The summed E-state index contributed by atoms with van der Waals surface area (Å²) < 4.78 is 5.40. The Bertz CT molecular complexity index is 281. The van der Waals surface area contributed by atoms with E-state index < -0.39 is 0 Å². The average Bonchev–Trinajstić information content (AvgIpc) is 2.91. The first-order valence-electron chi connectivity index (χ1n) is 6.99. The highest BCUT2D eigenvalue weighted by molar-refractivity contribution is 5.85. The zero-order valence-corrected chi connectivity index (χ0v) is 13.8. The molecule has 0 aromatic heterocycles. The Balaban J connectivity index is 0.00000180. The van der Waals surface area contributed by atoms with Crippen molar-refractivity contribution in [2.75, 3.05) is 52.5 Å². The van der Waals surface area contributed by atoms with Gasteiger partial charge in [-0.15, -0.1) is 24.8 Å². The molecule has 0 aromatic rings. The molecule has 0 spiro atoms. The molecule has 0 aromatic carbocycles. The summed E-state index contributed by atoms with van der Waals surface area (Å²) in [6, 6.07) is 0. The molecular formula is C13H27Cl2N3O2. The van der Waals surface area contributed by atoms with E-state index in [0.29, 0.717) is 12.5 Å². The van der Waals surface area contributed by atoms with E-state index in [1.807, 2.05) is 11.8 Å². The molecule has 0 radical (unpaired) electrons. The number of amides is 1. The molecule has 7 heteroatoms. The standard InChI is InChI=1S/C13H25N3O2.2ClH/c1-11(8-14)13(17)16-5-3-15(4-6-16)9-12-2-7-18-10-12;;/h11-12H,2-10,14H2,1H3;2*1H. The number of piperazine rings is 1. The molecule has 2 unspecified atom stereocenters. The third-order valence-corrected chi connectivity index (χ3v) is 4.00. The monoisotopic (exact) mass is 327 g/mol. The van der Waals surface area contributed by atoms with Crippen LogP contribution in [0.5, 0.6) is 0 Å². The third-order valence-electron chi connectivity index (χ3n) is 4.00. The van der Waals surface area contributed by atoms with Gasteiger partial charge in [-0.1, -0.05) is 6.92 Å². The van der Waals surface area contributed by atoms with E-state index in [1.54, 1.807) is 0 Å². The van der Waals surface area contributed by atoms with Crippen LogP contribution in [0.3, 0.4) is 0 Å². The van der Waals surface area contributed by atoms with Gasteiger partial charge in [0, 0.05) is 51.8 Å². The van der Waals surface area contributed by atoms with Gasteiger partial charge >= 0.3 is 0 Å². The Morgan fingerprint density at radius 2 is 1.95 bits per heavy atom. The van der Waals surface area contributed by atoms with Crippen LogP contribution in [0.15, 0.2) is 0 Å². The normalized spacial score (nSPS) is 24.7. The highest BCUT2D eigenvalue weighted by atomic mass is 35.5. The minimum atomic E-state index is -0.0419. The maximum Gasteiger partial charge on any atom is 0.226 e. The second-order valence-corrected chi connectivity index (χ2v) is 5.49. The molecule has 0 aliphatic carbocycles. The predicted octanol–water partition coefficient (Wildman–Crippen LogP) is 0.605. The summed E-state index contributed by atoms with van der Waals surface area (Å²) in [7, 11) is 0. The highest BCUT2D eigenvalue weighted by Crippen LogP contribution is 2.15. The van der Waals surface area contributed by atoms with Gasteiger partial charge in [0.15, 0.2) is 0 Å². The quantitative estimate of drug-likeness (QED) is 0.821. The first-order chi connectivity index (χ1) is 8.70. The minimum absolute atomic E-state index is 0. The molecule has 5 nitrogen and oxygen atoms in total. The van der Waals surface area contributed by atoms with Crippen LogP contribution < -0.4 is 5.73 Å². The van der Waals surface area contributed by atoms with Crippen molar-refractivity contribution in [3.05, 3.63) is 0 Å². The number of nitrogens with zero attached hydrogens (tertiary/aromatic N) is 2. The molecule has 0 bridgehead atoms. The minimum Gasteiger partial charge on any atom is -0.381 e. The Morgan fingerprint density at radius 1 is 1.30 bits per heavy atom. The van der Waals surface area contributed by atoms with Crippen LogP contribution in [0, 0.1) is 11.8 Å². The topological polar surface area (TPSA) is 58.8 Å². The van der Waals surface area contributed by atoms with Gasteiger partial charge in [0.05, 0.1) is 6.61 Å². The number of ether oxygens (including phenoxy) is 1. The fraction of sp³-hybridized carbons (Fsp3) is 0.923. The van der Waals surface area contributed by atoms with Crippen LogP contribution in [0.2, 0.25) is 0 Å². The number of carbonyl (C=O) groups is 1. The van der Waals surface area contributed by atoms with Crippen LogP contribution >= 0.6 is 24.8 Å². The zero-order valence-electron chi connectivity index (χ0n) is 12.1. The van der Waals surface area contributed by atoms with Gasteiger partial charge in [-0.25, -0.2) is 0 Å². The lowest BCUT2D eigenvalue weighted by Crippen LogP contribution is -2.51. The Morgan fingerprint density at radius 3 is 2.45 bits per heavy atom. The van der Waals surface area contributed by atoms with Gasteiger partial charge in [-0.2, -0.15) is 0 Å². The largest absolute Gasteiger partial charge is 0.381 e. The lowest BCUT2D eigenvalue weighted by atomic mass is 10.1. The van der Waals surface area contributed by atoms with Crippen LogP contribution in [0.25, 0.3) is 0 Å². The molecule has 20 heavy (non-hydrogen) atoms. The average molecular weight is 328 g/mol. The van der Waals surface area contributed by atoms with Crippen molar-refractivity contribution in [3.63, 3.8) is 0 Å². The van der Waals surface area contributed by atoms with E-state index in [1.165, 1.54) is 6.42 Å². The summed E-state index contributed by atoms with van der Waals surface area (Å²) in [4.78, 5) is 16.4. The fourth-order valence-corrected chi connectivity index (χ4v) is 2.66. The van der Waals surface area contributed by atoms with Gasteiger partial charge < -0.3 is 15.4 Å². The van der Waals surface area contributed by atoms with Crippen LogP contribution in [-0.4, -0.2) is 68.2 Å². The van der Waals surface area contributed by atoms with E-state index in [-0.39, 0.29) is 36.6 Å². The van der Waals surface area contributed by atoms with E-state index in [9.17, 15) is 4.79 Å². The Kier molecular flexibility index (Phi) is 9.76. The molecule has 2 heterocycles. The van der Waals surface area contributed by atoms with Crippen molar-refractivity contribution < 1.29 is 9.53 Å². The van der Waals surface area contributed by atoms with Gasteiger partial charge in [-0.3, -0.25) is 9.69 Å². The number of carbonyl (C=O) groups excluding carboxylic acids is 1. The van der Waals surface area contributed by atoms with Crippen molar-refractivity contribution in [1.29, 1.82) is 0 Å². The second kappa shape index (κ2) is 9.79. The van der Waals surface area contributed by atoms with Crippen molar-refractivity contribution >= 4 is 30.7 Å². The van der Waals surface area contributed by atoms with Crippen LogP contribution in [0.4, 0.5) is 0 Å². The summed E-state index contributed by atoms with van der Waals surface area (Å²) in [6.45, 7) is 8.95. The summed E-state index contributed by atoms with van der Waals surface area (Å²) in [6.07, 6.45) is 1.18. The number of hydrogen-bond acceptors (Lipinski definition) is 4. The Hall–Kier alpha value is -0.0700. The van der Waals surface area contributed by atoms with Gasteiger partial charge in [0.2, 0.25) is 5.91 Å². The van der Waals surface area contributed by atoms with Crippen molar-refractivity contribution in [3.8, 4) is 0 Å². The maximum atomic E-state index is 12.0. The summed E-state index contributed by atoms with van der Waals surface area (Å²) in [5.74, 6) is 0.858. The number of hydrogen-bond donors (Lipinski definition) is 1.